The number of esters is 2. The van der Waals surface area contributed by atoms with Crippen molar-refractivity contribution in [3.8, 4) is 0 Å². The lowest BCUT2D eigenvalue weighted by Crippen LogP contribution is -2.32. The summed E-state index contributed by atoms with van der Waals surface area (Å²) in [5.74, 6) is -3.03. The molecule has 44 heavy (non-hydrogen) atoms. The number of fused-ring (bicyclic) bond motifs is 2. The van der Waals surface area contributed by atoms with Gasteiger partial charge in [-0.25, -0.2) is 15.1 Å². The number of rotatable bonds is 12. The van der Waals surface area contributed by atoms with Gasteiger partial charge in [0.25, 0.3) is 0 Å². The van der Waals surface area contributed by atoms with Crippen molar-refractivity contribution in [3.05, 3.63) is 118 Å². The smallest absolute Gasteiger partial charge is 0.336 e. The SMILES string of the molecule is O=C1/C=C\C(=O)O/C(C(=O)NOCCc2ccccc2)=C(\CNCCCCN2c3ccccc3CCc3ccc(Cl)cc32)O1. The molecule has 0 aromatic heterocycles. The molecule has 2 aliphatic rings. The first-order valence-corrected chi connectivity index (χ1v) is 15.0. The Kier molecular flexibility index (Phi) is 10.8. The summed E-state index contributed by atoms with van der Waals surface area (Å²) >= 11 is 6.39. The minimum Gasteiger partial charge on any atom is -0.422 e. The number of carbonyl (C=O) groups excluding carboxylic acids is 3. The number of aryl methyl sites for hydroxylation is 2. The number of hydrogen-bond donors (Lipinski definition) is 2. The van der Waals surface area contributed by atoms with Crippen molar-refractivity contribution in [2.75, 3.05) is 31.1 Å². The first-order valence-electron chi connectivity index (χ1n) is 14.6. The molecule has 0 aliphatic carbocycles. The van der Waals surface area contributed by atoms with Gasteiger partial charge >= 0.3 is 17.8 Å². The lowest BCUT2D eigenvalue weighted by atomic mass is 10.0. The Hall–Kier alpha value is -4.44. The van der Waals surface area contributed by atoms with E-state index >= 15 is 0 Å². The summed E-state index contributed by atoms with van der Waals surface area (Å²) < 4.78 is 10.5. The number of cyclic esters (lactones) is 2. The second-order valence-electron chi connectivity index (χ2n) is 10.4. The molecule has 0 fully saturated rings. The Bertz CT molecular complexity index is 1560. The molecule has 3 aromatic rings. The summed E-state index contributed by atoms with van der Waals surface area (Å²) in [5, 5.41) is 3.90. The van der Waals surface area contributed by atoms with Crippen LogP contribution in [0, 0.1) is 0 Å². The van der Waals surface area contributed by atoms with E-state index in [0.717, 1.165) is 55.6 Å². The molecular weight excluding hydrogens is 582 g/mol. The number of unbranched alkanes of at least 4 members (excludes halogenated alkanes) is 1. The Morgan fingerprint density at radius 1 is 0.864 bits per heavy atom. The van der Waals surface area contributed by atoms with Gasteiger partial charge in [-0.05, 0) is 73.5 Å². The summed E-state index contributed by atoms with van der Waals surface area (Å²) in [6.07, 6.45) is 5.98. The molecule has 1 amide bonds. The molecule has 0 radical (unpaired) electrons. The summed E-state index contributed by atoms with van der Waals surface area (Å²) in [6.45, 7) is 1.53. The van der Waals surface area contributed by atoms with Crippen LogP contribution in [0.15, 0.2) is 96.5 Å². The Morgan fingerprint density at radius 2 is 1.59 bits per heavy atom. The minimum absolute atomic E-state index is 0.00931. The monoisotopic (exact) mass is 615 g/mol. The van der Waals surface area contributed by atoms with Crippen LogP contribution in [0.1, 0.15) is 29.5 Å². The molecule has 0 saturated heterocycles. The van der Waals surface area contributed by atoms with Gasteiger partial charge in [0, 0.05) is 35.1 Å². The number of halogens is 1. The largest absolute Gasteiger partial charge is 0.422 e. The zero-order valence-electron chi connectivity index (χ0n) is 24.2. The number of nitrogens with zero attached hydrogens (tertiary/aromatic N) is 1. The molecule has 0 unspecified atom stereocenters. The Morgan fingerprint density at radius 3 is 2.41 bits per heavy atom. The summed E-state index contributed by atoms with van der Waals surface area (Å²) in [4.78, 5) is 44.8. The predicted molar refractivity (Wildman–Crippen MR) is 167 cm³/mol. The van der Waals surface area contributed by atoms with E-state index in [1.54, 1.807) is 0 Å². The van der Waals surface area contributed by atoms with E-state index in [9.17, 15) is 14.4 Å². The summed E-state index contributed by atoms with van der Waals surface area (Å²) in [7, 11) is 0. The molecule has 2 aliphatic heterocycles. The maximum atomic E-state index is 12.9. The fourth-order valence-corrected chi connectivity index (χ4v) is 5.31. The van der Waals surface area contributed by atoms with Crippen LogP contribution in [0.5, 0.6) is 0 Å². The molecule has 0 spiro atoms. The van der Waals surface area contributed by atoms with Crippen molar-refractivity contribution in [1.29, 1.82) is 0 Å². The fraction of sp³-hybridized carbons (Fsp3) is 0.265. The van der Waals surface area contributed by atoms with Gasteiger partial charge in [0.1, 0.15) is 0 Å². The summed E-state index contributed by atoms with van der Waals surface area (Å²) in [5.41, 5.74) is 8.19. The molecule has 0 saturated carbocycles. The highest BCUT2D eigenvalue weighted by Crippen LogP contribution is 2.37. The van der Waals surface area contributed by atoms with E-state index in [2.05, 4.69) is 46.0 Å². The number of hydroxylamine groups is 1. The van der Waals surface area contributed by atoms with Gasteiger partial charge in [0.05, 0.1) is 13.2 Å². The second-order valence-corrected chi connectivity index (χ2v) is 10.8. The molecule has 0 atom stereocenters. The topological polar surface area (TPSA) is 106 Å². The first-order chi connectivity index (χ1) is 21.5. The number of anilines is 2. The Labute approximate surface area is 261 Å². The third-order valence-electron chi connectivity index (χ3n) is 7.30. The van der Waals surface area contributed by atoms with Crippen molar-refractivity contribution in [2.45, 2.75) is 32.1 Å². The van der Waals surface area contributed by atoms with E-state index in [0.29, 0.717) is 18.0 Å². The molecular formula is C34H34ClN3O6. The van der Waals surface area contributed by atoms with Crippen LogP contribution in [-0.4, -0.2) is 44.1 Å². The van der Waals surface area contributed by atoms with Crippen molar-refractivity contribution in [2.24, 2.45) is 0 Å². The average molecular weight is 616 g/mol. The van der Waals surface area contributed by atoms with E-state index in [4.69, 9.17) is 25.9 Å². The van der Waals surface area contributed by atoms with Crippen molar-refractivity contribution >= 4 is 40.8 Å². The number of amides is 1. The molecule has 2 heterocycles. The van der Waals surface area contributed by atoms with Gasteiger partial charge in [0.2, 0.25) is 5.76 Å². The molecule has 3 aromatic carbocycles. The number of para-hydroxylation sites is 1. The first kappa shape index (κ1) is 31.0. The third-order valence-corrected chi connectivity index (χ3v) is 7.53. The van der Waals surface area contributed by atoms with Crippen molar-refractivity contribution in [3.63, 3.8) is 0 Å². The van der Waals surface area contributed by atoms with Gasteiger partial charge < -0.3 is 19.7 Å². The predicted octanol–water partition coefficient (Wildman–Crippen LogP) is 5.10. The lowest BCUT2D eigenvalue weighted by molar-refractivity contribution is -0.145. The summed E-state index contributed by atoms with van der Waals surface area (Å²) in [6, 6.07) is 24.1. The normalized spacial score (nSPS) is 16.9. The van der Waals surface area contributed by atoms with Gasteiger partial charge in [-0.2, -0.15) is 0 Å². The van der Waals surface area contributed by atoms with Crippen molar-refractivity contribution in [1.82, 2.24) is 10.8 Å². The van der Waals surface area contributed by atoms with Gasteiger partial charge in [-0.1, -0.05) is 66.2 Å². The van der Waals surface area contributed by atoms with Crippen LogP contribution in [0.4, 0.5) is 11.4 Å². The standard InChI is InChI=1S/C34H34ClN3O6/c35-27-15-14-26-13-12-25-10-4-5-11-28(25)38(29(26)22-27)20-7-6-19-36-23-30-33(44-32(40)17-16-31(39)43-30)34(41)37-42-21-18-24-8-2-1-3-9-24/h1-5,8-11,14-17,22,36H,6-7,12-13,18-21,23H2,(H,37,41)/b17-16-,33-30+. The van der Waals surface area contributed by atoms with Gasteiger partial charge in [-0.15, -0.1) is 0 Å². The number of nitrogens with one attached hydrogen (secondary N) is 2. The second kappa shape index (κ2) is 15.3. The lowest BCUT2D eigenvalue weighted by Gasteiger charge is -2.27. The average Bonchev–Trinajstić information content (AvgIpc) is 3.18. The van der Waals surface area contributed by atoms with Crippen LogP contribution in [0.3, 0.4) is 0 Å². The van der Waals surface area contributed by atoms with Gasteiger partial charge in [-0.3, -0.25) is 9.63 Å². The molecule has 2 N–H and O–H groups in total. The number of carbonyl (C=O) groups is 3. The zero-order chi connectivity index (χ0) is 30.7. The quantitative estimate of drug-likeness (QED) is 0.165. The van der Waals surface area contributed by atoms with E-state index in [-0.39, 0.29) is 18.9 Å². The van der Waals surface area contributed by atoms with Crippen LogP contribution >= 0.6 is 11.6 Å². The van der Waals surface area contributed by atoms with Crippen molar-refractivity contribution < 1.29 is 28.7 Å². The molecule has 228 valence electrons. The third kappa shape index (κ3) is 8.35. The molecule has 0 bridgehead atoms. The highest BCUT2D eigenvalue weighted by molar-refractivity contribution is 6.30. The van der Waals surface area contributed by atoms with E-state index in [1.807, 2.05) is 42.5 Å². The van der Waals surface area contributed by atoms with Gasteiger partial charge in [0.15, 0.2) is 5.76 Å². The molecule has 9 nitrogen and oxygen atoms in total. The van der Waals surface area contributed by atoms with Crippen LogP contribution < -0.4 is 15.7 Å². The van der Waals surface area contributed by atoms with Crippen LogP contribution in [-0.2, 0) is 48.0 Å². The zero-order valence-corrected chi connectivity index (χ0v) is 25.0. The number of ether oxygens (including phenoxy) is 2. The highest BCUT2D eigenvalue weighted by atomic mass is 35.5. The molecule has 5 rings (SSSR count). The fourth-order valence-electron chi connectivity index (χ4n) is 5.14. The Balaban J connectivity index is 1.17. The molecule has 10 heteroatoms. The van der Waals surface area contributed by atoms with E-state index in [1.165, 1.54) is 16.8 Å². The minimum atomic E-state index is -0.869. The number of benzene rings is 3. The number of hydrogen-bond acceptors (Lipinski definition) is 8. The van der Waals surface area contributed by atoms with Crippen LogP contribution in [0.25, 0.3) is 0 Å². The van der Waals surface area contributed by atoms with Crippen LogP contribution in [0.2, 0.25) is 5.02 Å². The maximum absolute atomic E-state index is 12.9. The van der Waals surface area contributed by atoms with E-state index < -0.39 is 23.6 Å². The highest BCUT2D eigenvalue weighted by Gasteiger charge is 2.25. The maximum Gasteiger partial charge on any atom is 0.336 e.